The molecule has 0 unspecified atom stereocenters. The molecule has 1 N–H and O–H groups in total. The van der Waals surface area contributed by atoms with Gasteiger partial charge in [-0.15, -0.1) is 0 Å². The Morgan fingerprint density at radius 2 is 1.88 bits per heavy atom. The number of carbonyl (C=O) groups is 2. The van der Waals surface area contributed by atoms with E-state index in [0.29, 0.717) is 0 Å². The average molecular weight is 404 g/mol. The van der Waals surface area contributed by atoms with Crippen molar-refractivity contribution < 1.29 is 23.1 Å². The molecule has 24 heavy (non-hydrogen) atoms. The summed E-state index contributed by atoms with van der Waals surface area (Å²) in [5.41, 5.74) is 0.384. The molecular formula is C17H20BrF2NO3. The third kappa shape index (κ3) is 4.32. The van der Waals surface area contributed by atoms with Crippen LogP contribution in [0, 0.1) is 6.92 Å². The number of esters is 1. The van der Waals surface area contributed by atoms with Gasteiger partial charge in [0, 0.05) is 17.3 Å². The Hall–Kier alpha value is -1.50. The summed E-state index contributed by atoms with van der Waals surface area (Å²) in [6.07, 6.45) is -1.07. The van der Waals surface area contributed by atoms with Crippen LogP contribution in [0.5, 0.6) is 0 Å². The summed E-state index contributed by atoms with van der Waals surface area (Å²) < 4.78 is 32.5. The zero-order chi connectivity index (χ0) is 18.0. The highest BCUT2D eigenvalue weighted by Crippen LogP contribution is 2.39. The van der Waals surface area contributed by atoms with Crippen molar-refractivity contribution in [2.45, 2.75) is 50.5 Å². The van der Waals surface area contributed by atoms with E-state index in [1.165, 1.54) is 7.11 Å². The lowest BCUT2D eigenvalue weighted by Gasteiger charge is -2.38. The first-order valence-electron chi connectivity index (χ1n) is 7.70. The van der Waals surface area contributed by atoms with E-state index in [2.05, 4.69) is 21.2 Å². The lowest BCUT2D eigenvalue weighted by Crippen LogP contribution is -2.58. The van der Waals surface area contributed by atoms with Crippen LogP contribution in [0.1, 0.15) is 36.8 Å². The van der Waals surface area contributed by atoms with Crippen molar-refractivity contribution >= 4 is 27.8 Å². The lowest BCUT2D eigenvalue weighted by molar-refractivity contribution is -0.156. The van der Waals surface area contributed by atoms with Crippen molar-refractivity contribution in [2.75, 3.05) is 7.11 Å². The van der Waals surface area contributed by atoms with E-state index in [1.54, 1.807) is 0 Å². The Labute approximate surface area is 148 Å². The van der Waals surface area contributed by atoms with Crippen molar-refractivity contribution in [1.82, 2.24) is 5.32 Å². The minimum absolute atomic E-state index is 0.0776. The minimum Gasteiger partial charge on any atom is -0.467 e. The second kappa shape index (κ2) is 7.17. The van der Waals surface area contributed by atoms with Gasteiger partial charge in [0.25, 0.3) is 0 Å². The van der Waals surface area contributed by atoms with Crippen LogP contribution < -0.4 is 5.32 Å². The largest absolute Gasteiger partial charge is 0.467 e. The Kier molecular flexibility index (Phi) is 5.63. The maximum absolute atomic E-state index is 13.4. The molecule has 1 aliphatic carbocycles. The highest BCUT2D eigenvalue weighted by molar-refractivity contribution is 9.10. The van der Waals surface area contributed by atoms with Gasteiger partial charge in [-0.2, -0.15) is 0 Å². The number of carbonyl (C=O) groups excluding carboxylic acids is 2. The second-order valence-electron chi connectivity index (χ2n) is 6.23. The number of ether oxygens (including phenoxy) is 1. The standard InChI is InChI=1S/C17H20BrF2NO3/c1-11-9-13(18)4-3-12(11)10-14(22)21-16(15(23)24-2)5-7-17(19,20)8-6-16/h3-4,9H,5-8,10H2,1-2H3,(H,21,22). The summed E-state index contributed by atoms with van der Waals surface area (Å²) in [7, 11) is 1.20. The number of amides is 1. The predicted octanol–water partition coefficient (Wildman–Crippen LogP) is 3.54. The molecule has 132 valence electrons. The van der Waals surface area contributed by atoms with Gasteiger partial charge in [-0.1, -0.05) is 22.0 Å². The first kappa shape index (κ1) is 18.8. The Bertz CT molecular complexity index is 639. The maximum atomic E-state index is 13.4. The molecule has 1 amide bonds. The summed E-state index contributed by atoms with van der Waals surface area (Å²) in [6.45, 7) is 1.88. The fraction of sp³-hybridized carbons (Fsp3) is 0.529. The highest BCUT2D eigenvalue weighted by atomic mass is 79.9. The summed E-state index contributed by atoms with van der Waals surface area (Å²) in [4.78, 5) is 24.5. The molecule has 4 nitrogen and oxygen atoms in total. The number of halogens is 3. The molecule has 1 aromatic rings. The maximum Gasteiger partial charge on any atom is 0.331 e. The molecule has 1 aliphatic rings. The van der Waals surface area contributed by atoms with Gasteiger partial charge in [0.05, 0.1) is 13.5 Å². The molecule has 0 heterocycles. The first-order chi connectivity index (χ1) is 11.2. The Balaban J connectivity index is 2.12. The molecule has 0 aliphatic heterocycles. The molecule has 0 atom stereocenters. The van der Waals surface area contributed by atoms with Crippen molar-refractivity contribution in [3.8, 4) is 0 Å². The van der Waals surface area contributed by atoms with Crippen LogP contribution in [0.3, 0.4) is 0 Å². The van der Waals surface area contributed by atoms with Gasteiger partial charge < -0.3 is 10.1 Å². The quantitative estimate of drug-likeness (QED) is 0.782. The van der Waals surface area contributed by atoms with Gasteiger partial charge in [-0.25, -0.2) is 13.6 Å². The molecule has 0 bridgehead atoms. The Morgan fingerprint density at radius 3 is 2.42 bits per heavy atom. The molecule has 0 radical (unpaired) electrons. The van der Waals surface area contributed by atoms with E-state index in [9.17, 15) is 18.4 Å². The molecule has 0 saturated heterocycles. The Morgan fingerprint density at radius 1 is 1.25 bits per heavy atom. The third-order valence-corrected chi connectivity index (χ3v) is 4.94. The molecule has 1 aromatic carbocycles. The number of nitrogens with one attached hydrogen (secondary N) is 1. The van der Waals surface area contributed by atoms with Crippen LogP contribution in [-0.4, -0.2) is 30.4 Å². The zero-order valence-corrected chi connectivity index (χ0v) is 15.2. The smallest absolute Gasteiger partial charge is 0.331 e. The number of aryl methyl sites for hydroxylation is 1. The van der Waals surface area contributed by atoms with E-state index >= 15 is 0 Å². The summed E-state index contributed by atoms with van der Waals surface area (Å²) >= 11 is 3.36. The summed E-state index contributed by atoms with van der Waals surface area (Å²) in [5.74, 6) is -3.85. The average Bonchev–Trinajstić information content (AvgIpc) is 2.51. The number of benzene rings is 1. The van der Waals surface area contributed by atoms with Crippen molar-refractivity contribution in [3.05, 3.63) is 33.8 Å². The molecule has 7 heteroatoms. The van der Waals surface area contributed by atoms with E-state index < -0.39 is 30.3 Å². The van der Waals surface area contributed by atoms with Crippen LogP contribution in [0.4, 0.5) is 8.78 Å². The molecular weight excluding hydrogens is 384 g/mol. The SMILES string of the molecule is COC(=O)C1(NC(=O)Cc2ccc(Br)cc2C)CCC(F)(F)CC1. The van der Waals surface area contributed by atoms with Crippen molar-refractivity contribution in [2.24, 2.45) is 0 Å². The van der Waals surface area contributed by atoms with Gasteiger partial charge in [0.1, 0.15) is 5.54 Å². The first-order valence-corrected chi connectivity index (χ1v) is 8.49. The molecule has 1 saturated carbocycles. The number of rotatable bonds is 4. The third-order valence-electron chi connectivity index (χ3n) is 4.45. The number of alkyl halides is 2. The van der Waals surface area contributed by atoms with Gasteiger partial charge in [-0.05, 0) is 43.0 Å². The number of hydrogen-bond donors (Lipinski definition) is 1. The predicted molar refractivity (Wildman–Crippen MR) is 88.9 cm³/mol. The van der Waals surface area contributed by atoms with Crippen LogP contribution in [0.15, 0.2) is 22.7 Å². The van der Waals surface area contributed by atoms with E-state index in [4.69, 9.17) is 4.74 Å². The topological polar surface area (TPSA) is 55.4 Å². The summed E-state index contributed by atoms with van der Waals surface area (Å²) in [5, 5.41) is 2.65. The van der Waals surface area contributed by atoms with E-state index in [-0.39, 0.29) is 25.2 Å². The van der Waals surface area contributed by atoms with Crippen LogP contribution in [0.25, 0.3) is 0 Å². The fourth-order valence-electron chi connectivity index (χ4n) is 2.96. The van der Waals surface area contributed by atoms with Gasteiger partial charge in [-0.3, -0.25) is 4.79 Å². The zero-order valence-electron chi connectivity index (χ0n) is 13.6. The molecule has 1 fully saturated rings. The van der Waals surface area contributed by atoms with Crippen LogP contribution in [-0.2, 0) is 20.7 Å². The highest BCUT2D eigenvalue weighted by Gasteiger charge is 2.49. The van der Waals surface area contributed by atoms with Gasteiger partial charge in [0.2, 0.25) is 11.8 Å². The van der Waals surface area contributed by atoms with Crippen LogP contribution >= 0.6 is 15.9 Å². The minimum atomic E-state index is -2.80. The molecule has 0 aromatic heterocycles. The van der Waals surface area contributed by atoms with E-state index in [0.717, 1.165) is 15.6 Å². The molecule has 0 spiro atoms. The van der Waals surface area contributed by atoms with Gasteiger partial charge >= 0.3 is 5.97 Å². The van der Waals surface area contributed by atoms with E-state index in [1.807, 2.05) is 25.1 Å². The number of hydrogen-bond acceptors (Lipinski definition) is 3. The monoisotopic (exact) mass is 403 g/mol. The normalized spacial score (nSPS) is 18.7. The number of methoxy groups -OCH3 is 1. The molecule has 2 rings (SSSR count). The van der Waals surface area contributed by atoms with Gasteiger partial charge in [0.15, 0.2) is 0 Å². The second-order valence-corrected chi connectivity index (χ2v) is 7.14. The van der Waals surface area contributed by atoms with Crippen LogP contribution in [0.2, 0.25) is 0 Å². The fourth-order valence-corrected chi connectivity index (χ4v) is 3.44. The lowest BCUT2D eigenvalue weighted by atomic mass is 9.79. The summed E-state index contributed by atoms with van der Waals surface area (Å²) in [6, 6.07) is 5.53. The van der Waals surface area contributed by atoms with Crippen molar-refractivity contribution in [1.29, 1.82) is 0 Å². The van der Waals surface area contributed by atoms with Crippen molar-refractivity contribution in [3.63, 3.8) is 0 Å².